The Morgan fingerprint density at radius 3 is 1.49 bits per heavy atom. The van der Waals surface area contributed by atoms with Gasteiger partial charge in [0.1, 0.15) is 6.10 Å². The number of hydrogen-bond acceptors (Lipinski definition) is 7. The summed E-state index contributed by atoms with van der Waals surface area (Å²) in [6, 6.07) is 0. The van der Waals surface area contributed by atoms with E-state index in [4.69, 9.17) is 24.3 Å². The zero-order valence-corrected chi connectivity index (χ0v) is 35.4. The Kier molecular flexibility index (Phi) is 40.9. The van der Waals surface area contributed by atoms with Crippen molar-refractivity contribution in [3.63, 3.8) is 0 Å². The Morgan fingerprint density at radius 2 is 1.00 bits per heavy atom. The van der Waals surface area contributed by atoms with Gasteiger partial charge in [0, 0.05) is 19.6 Å². The predicted octanol–water partition coefficient (Wildman–Crippen LogP) is 13.0. The first-order chi connectivity index (χ1) is 25.9. The van der Waals surface area contributed by atoms with Crippen LogP contribution in [0.2, 0.25) is 0 Å². The van der Waals surface area contributed by atoms with E-state index in [1.165, 1.54) is 135 Å². The number of rotatable bonds is 42. The minimum absolute atomic E-state index is 0.0955. The van der Waals surface area contributed by atoms with Crippen LogP contribution in [0, 0.1) is 0 Å². The third-order valence-electron chi connectivity index (χ3n) is 9.31. The average molecular weight is 770 g/mol. The second kappa shape index (κ2) is 41.9. The fourth-order valence-corrected chi connectivity index (χ4v) is 6.83. The zero-order chi connectivity index (χ0) is 38.8. The van der Waals surface area contributed by atoms with E-state index in [0.29, 0.717) is 13.0 Å². The molecule has 0 spiro atoms. The summed E-state index contributed by atoms with van der Waals surface area (Å²) in [5.74, 6) is -0.334. The van der Waals surface area contributed by atoms with Crippen molar-refractivity contribution < 1.29 is 32.8 Å². The Labute approximate surface area is 327 Å². The van der Waals surface area contributed by atoms with Crippen LogP contribution in [0.4, 0.5) is 0 Å². The smallest absolute Gasteiger partial charge is 0.457 e. The van der Waals surface area contributed by atoms with E-state index in [-0.39, 0.29) is 32.3 Å². The maximum atomic E-state index is 12.6. The molecule has 0 heterocycles. The molecule has 0 fully saturated rings. The molecule has 0 radical (unpaired) electrons. The quantitative estimate of drug-likeness (QED) is 0.0273. The van der Waals surface area contributed by atoms with Crippen molar-refractivity contribution in [3.8, 4) is 0 Å². The maximum Gasteiger partial charge on any atom is 0.472 e. The highest BCUT2D eigenvalue weighted by atomic mass is 31.2. The van der Waals surface area contributed by atoms with Gasteiger partial charge in [-0.15, -0.1) is 0 Å². The minimum atomic E-state index is -4.27. The minimum Gasteiger partial charge on any atom is -0.457 e. The first-order valence-electron chi connectivity index (χ1n) is 22.0. The molecule has 0 bridgehead atoms. The third-order valence-corrected chi connectivity index (χ3v) is 10.3. The molecule has 2 atom stereocenters. The maximum absolute atomic E-state index is 12.6. The predicted molar refractivity (Wildman–Crippen MR) is 224 cm³/mol. The molecule has 53 heavy (non-hydrogen) atoms. The standard InChI is InChI=1S/C44H84NO7P/c1-3-5-7-9-11-13-14-15-16-17-18-19-20-21-22-23-24-25-26-27-28-29-31-33-35-37-44(46)52-43(42-51-53(47,48)50-40-38-45)41-49-39-36-34-32-30-12-10-8-6-4-2/h14-15,17-18,20-21,43H,3-13,16,19,22-42,45H2,1-2H3,(H,47,48)/b15-14-,18-17-,21-20-. The van der Waals surface area contributed by atoms with Gasteiger partial charge in [0.25, 0.3) is 0 Å². The van der Waals surface area contributed by atoms with Crippen molar-refractivity contribution in [1.82, 2.24) is 0 Å². The lowest BCUT2D eigenvalue weighted by Crippen LogP contribution is -2.28. The summed E-state index contributed by atoms with van der Waals surface area (Å²) >= 11 is 0. The lowest BCUT2D eigenvalue weighted by molar-refractivity contribution is -0.154. The molecule has 0 rings (SSSR count). The molecule has 0 aliphatic carbocycles. The number of carbonyl (C=O) groups excluding carboxylic acids is 1. The van der Waals surface area contributed by atoms with Gasteiger partial charge in [0.2, 0.25) is 0 Å². The van der Waals surface area contributed by atoms with Gasteiger partial charge in [-0.3, -0.25) is 13.8 Å². The van der Waals surface area contributed by atoms with Gasteiger partial charge in [-0.05, 0) is 51.4 Å². The van der Waals surface area contributed by atoms with Crippen molar-refractivity contribution in [2.75, 3.05) is 33.0 Å². The van der Waals surface area contributed by atoms with E-state index in [0.717, 1.165) is 44.9 Å². The van der Waals surface area contributed by atoms with Crippen molar-refractivity contribution in [3.05, 3.63) is 36.5 Å². The van der Waals surface area contributed by atoms with E-state index >= 15 is 0 Å². The molecule has 0 aliphatic heterocycles. The monoisotopic (exact) mass is 770 g/mol. The fourth-order valence-electron chi connectivity index (χ4n) is 6.06. The normalized spacial score (nSPS) is 13.8. The first-order valence-corrected chi connectivity index (χ1v) is 23.5. The highest BCUT2D eigenvalue weighted by molar-refractivity contribution is 7.47. The summed E-state index contributed by atoms with van der Waals surface area (Å²) in [6.45, 7) is 4.90. The summed E-state index contributed by atoms with van der Waals surface area (Å²) < 4.78 is 33.3. The molecule has 0 amide bonds. The third kappa shape index (κ3) is 41.7. The highest BCUT2D eigenvalue weighted by Crippen LogP contribution is 2.43. The molecule has 9 heteroatoms. The van der Waals surface area contributed by atoms with E-state index in [2.05, 4.69) is 50.3 Å². The number of unbranched alkanes of at least 4 members (excludes halogenated alkanes) is 23. The SMILES string of the molecule is CCCCCCC/C=C\C/C=C\C/C=C\CCCCCCCCCCCCC(=O)OC(COCCCCCCCCCCC)COP(=O)(O)OCCN. The lowest BCUT2D eigenvalue weighted by atomic mass is 10.0. The number of esters is 1. The van der Waals surface area contributed by atoms with E-state index < -0.39 is 13.9 Å². The van der Waals surface area contributed by atoms with Crippen LogP contribution < -0.4 is 5.73 Å². The van der Waals surface area contributed by atoms with Crippen molar-refractivity contribution in [2.24, 2.45) is 5.73 Å². The van der Waals surface area contributed by atoms with Gasteiger partial charge in [-0.1, -0.05) is 179 Å². The number of nitrogens with two attached hydrogens (primary N) is 1. The molecule has 0 aromatic carbocycles. The van der Waals surface area contributed by atoms with Crippen LogP contribution in [0.1, 0.15) is 200 Å². The van der Waals surface area contributed by atoms with Crippen LogP contribution in [-0.4, -0.2) is 49.9 Å². The van der Waals surface area contributed by atoms with Crippen LogP contribution in [0.5, 0.6) is 0 Å². The Hall–Kier alpha value is -1.28. The topological polar surface area (TPSA) is 117 Å². The van der Waals surface area contributed by atoms with Gasteiger partial charge < -0.3 is 20.1 Å². The lowest BCUT2D eigenvalue weighted by Gasteiger charge is -2.20. The molecule has 8 nitrogen and oxygen atoms in total. The van der Waals surface area contributed by atoms with Crippen LogP contribution in [0.3, 0.4) is 0 Å². The van der Waals surface area contributed by atoms with Crippen LogP contribution in [0.25, 0.3) is 0 Å². The summed E-state index contributed by atoms with van der Waals surface area (Å²) in [5.41, 5.74) is 5.36. The van der Waals surface area contributed by atoms with Crippen molar-refractivity contribution in [1.29, 1.82) is 0 Å². The van der Waals surface area contributed by atoms with Gasteiger partial charge in [-0.25, -0.2) is 4.57 Å². The number of carbonyl (C=O) groups is 1. The fraction of sp³-hybridized carbons (Fsp3) is 0.841. The summed E-state index contributed by atoms with van der Waals surface area (Å²) in [7, 11) is -4.27. The summed E-state index contributed by atoms with van der Waals surface area (Å²) in [4.78, 5) is 22.4. The molecule has 312 valence electrons. The van der Waals surface area contributed by atoms with Crippen LogP contribution in [-0.2, 0) is 27.9 Å². The van der Waals surface area contributed by atoms with E-state index in [1.807, 2.05) is 0 Å². The first kappa shape index (κ1) is 51.7. The molecular weight excluding hydrogens is 685 g/mol. The molecule has 0 aromatic heterocycles. The molecule has 0 aliphatic rings. The molecule has 0 saturated heterocycles. The summed E-state index contributed by atoms with van der Waals surface area (Å²) in [5, 5.41) is 0. The molecule has 2 unspecified atom stereocenters. The van der Waals surface area contributed by atoms with Gasteiger partial charge >= 0.3 is 13.8 Å². The summed E-state index contributed by atoms with van der Waals surface area (Å²) in [6.07, 6.45) is 47.4. The highest BCUT2D eigenvalue weighted by Gasteiger charge is 2.25. The number of phosphoric ester groups is 1. The molecule has 0 saturated carbocycles. The van der Waals surface area contributed by atoms with E-state index in [9.17, 15) is 14.3 Å². The number of phosphoric acid groups is 1. The molecule has 3 N–H and O–H groups in total. The Morgan fingerprint density at radius 1 is 0.566 bits per heavy atom. The van der Waals surface area contributed by atoms with Crippen molar-refractivity contribution in [2.45, 2.75) is 206 Å². The Balaban J connectivity index is 3.91. The Bertz CT molecular complexity index is 910. The van der Waals surface area contributed by atoms with E-state index in [1.54, 1.807) is 0 Å². The van der Waals surface area contributed by atoms with Gasteiger partial charge in [0.05, 0.1) is 19.8 Å². The second-order valence-corrected chi connectivity index (χ2v) is 16.0. The number of ether oxygens (including phenoxy) is 2. The largest absolute Gasteiger partial charge is 0.472 e. The van der Waals surface area contributed by atoms with Crippen LogP contribution in [0.15, 0.2) is 36.5 Å². The second-order valence-electron chi connectivity index (χ2n) is 14.6. The number of hydrogen-bond donors (Lipinski definition) is 2. The van der Waals surface area contributed by atoms with Gasteiger partial charge in [-0.2, -0.15) is 0 Å². The molecular formula is C44H84NO7P. The van der Waals surface area contributed by atoms with Crippen LogP contribution >= 0.6 is 7.82 Å². The van der Waals surface area contributed by atoms with Gasteiger partial charge in [0.15, 0.2) is 0 Å². The average Bonchev–Trinajstić information content (AvgIpc) is 3.15. The number of allylic oxidation sites excluding steroid dienone is 6. The molecule has 0 aromatic rings. The zero-order valence-electron chi connectivity index (χ0n) is 34.5. The van der Waals surface area contributed by atoms with Crippen molar-refractivity contribution >= 4 is 13.8 Å².